The summed E-state index contributed by atoms with van der Waals surface area (Å²) >= 11 is 1.72. The van der Waals surface area contributed by atoms with Crippen molar-refractivity contribution in [3.63, 3.8) is 0 Å². The van der Waals surface area contributed by atoms with Crippen LogP contribution in [-0.4, -0.2) is 35.1 Å². The first kappa shape index (κ1) is 10.9. The molecular formula is C12H16N4S. The van der Waals surface area contributed by atoms with Crippen molar-refractivity contribution in [1.29, 1.82) is 0 Å². The number of hydrogen-bond acceptors (Lipinski definition) is 5. The van der Waals surface area contributed by atoms with E-state index in [4.69, 9.17) is 0 Å². The summed E-state index contributed by atoms with van der Waals surface area (Å²) in [6, 6.07) is 3.05. The largest absolute Gasteiger partial charge is 0.350 e. The van der Waals surface area contributed by atoms with Gasteiger partial charge in [-0.15, -0.1) is 11.3 Å². The second-order valence-corrected chi connectivity index (χ2v) is 5.56. The van der Waals surface area contributed by atoms with Gasteiger partial charge in [0, 0.05) is 25.2 Å². The number of aromatic nitrogens is 2. The van der Waals surface area contributed by atoms with Crippen LogP contribution in [0.5, 0.6) is 0 Å². The Balaban J connectivity index is 2.04. The van der Waals surface area contributed by atoms with Gasteiger partial charge in [0.05, 0.1) is 10.2 Å². The highest BCUT2D eigenvalue weighted by molar-refractivity contribution is 7.17. The van der Waals surface area contributed by atoms with Crippen LogP contribution in [0.3, 0.4) is 0 Å². The first-order chi connectivity index (χ1) is 8.25. The number of piperazine rings is 1. The van der Waals surface area contributed by atoms with E-state index in [-0.39, 0.29) is 0 Å². The van der Waals surface area contributed by atoms with Crippen LogP contribution < -0.4 is 10.2 Å². The van der Waals surface area contributed by atoms with Crippen LogP contribution in [0.1, 0.15) is 13.8 Å². The van der Waals surface area contributed by atoms with Crippen molar-refractivity contribution in [2.45, 2.75) is 25.9 Å². The Morgan fingerprint density at radius 2 is 2.29 bits per heavy atom. The molecule has 1 saturated heterocycles. The number of hydrogen-bond donors (Lipinski definition) is 1. The van der Waals surface area contributed by atoms with E-state index in [2.05, 4.69) is 45.5 Å². The van der Waals surface area contributed by atoms with Crippen molar-refractivity contribution in [1.82, 2.24) is 15.3 Å². The van der Waals surface area contributed by atoms with Gasteiger partial charge in [0.2, 0.25) is 0 Å². The average Bonchev–Trinajstić information content (AvgIpc) is 2.80. The van der Waals surface area contributed by atoms with Crippen molar-refractivity contribution in [2.75, 3.05) is 18.0 Å². The van der Waals surface area contributed by atoms with Gasteiger partial charge in [-0.05, 0) is 25.3 Å². The summed E-state index contributed by atoms with van der Waals surface area (Å²) in [7, 11) is 0. The highest BCUT2D eigenvalue weighted by atomic mass is 32.1. The Labute approximate surface area is 105 Å². The lowest BCUT2D eigenvalue weighted by atomic mass is 10.1. The van der Waals surface area contributed by atoms with Gasteiger partial charge in [-0.2, -0.15) is 0 Å². The molecule has 1 N–H and O–H groups in total. The number of nitrogens with zero attached hydrogens (tertiary/aromatic N) is 3. The van der Waals surface area contributed by atoms with Crippen LogP contribution in [0.4, 0.5) is 5.82 Å². The fourth-order valence-corrected chi connectivity index (χ4v) is 3.15. The molecule has 2 aromatic heterocycles. The lowest BCUT2D eigenvalue weighted by Crippen LogP contribution is -2.54. The lowest BCUT2D eigenvalue weighted by molar-refractivity contribution is 0.423. The van der Waals surface area contributed by atoms with Crippen LogP contribution in [0, 0.1) is 0 Å². The van der Waals surface area contributed by atoms with E-state index in [1.165, 1.54) is 4.70 Å². The quantitative estimate of drug-likeness (QED) is 0.836. The molecule has 3 rings (SSSR count). The summed E-state index contributed by atoms with van der Waals surface area (Å²) in [5.41, 5.74) is 1.05. The smallest absolute Gasteiger partial charge is 0.150 e. The van der Waals surface area contributed by atoms with Crippen LogP contribution in [-0.2, 0) is 0 Å². The van der Waals surface area contributed by atoms with E-state index in [1.54, 1.807) is 17.7 Å². The first-order valence-electron chi connectivity index (χ1n) is 5.94. The van der Waals surface area contributed by atoms with Crippen LogP contribution >= 0.6 is 11.3 Å². The molecular weight excluding hydrogens is 232 g/mol. The Hall–Kier alpha value is -1.20. The third-order valence-electron chi connectivity index (χ3n) is 3.26. The van der Waals surface area contributed by atoms with E-state index in [0.717, 1.165) is 24.4 Å². The van der Waals surface area contributed by atoms with E-state index in [0.29, 0.717) is 12.1 Å². The zero-order chi connectivity index (χ0) is 11.8. The van der Waals surface area contributed by atoms with Gasteiger partial charge < -0.3 is 10.2 Å². The van der Waals surface area contributed by atoms with Gasteiger partial charge in [-0.1, -0.05) is 0 Å². The average molecular weight is 248 g/mol. The second kappa shape index (κ2) is 4.23. The van der Waals surface area contributed by atoms with Crippen LogP contribution in [0.25, 0.3) is 10.2 Å². The molecule has 0 bridgehead atoms. The predicted molar refractivity (Wildman–Crippen MR) is 71.7 cm³/mol. The number of nitrogens with one attached hydrogen (secondary N) is 1. The molecule has 0 aromatic carbocycles. The maximum Gasteiger partial charge on any atom is 0.150 e. The molecule has 2 unspecified atom stereocenters. The maximum atomic E-state index is 4.49. The van der Waals surface area contributed by atoms with E-state index in [9.17, 15) is 0 Å². The van der Waals surface area contributed by atoms with Crippen LogP contribution in [0.2, 0.25) is 0 Å². The summed E-state index contributed by atoms with van der Waals surface area (Å²) in [4.78, 5) is 11.2. The van der Waals surface area contributed by atoms with Gasteiger partial charge >= 0.3 is 0 Å². The van der Waals surface area contributed by atoms with Gasteiger partial charge in [0.15, 0.2) is 0 Å². The monoisotopic (exact) mass is 248 g/mol. The fraction of sp³-hybridized carbons (Fsp3) is 0.500. The molecule has 0 aliphatic carbocycles. The molecule has 1 fully saturated rings. The molecule has 0 amide bonds. The Morgan fingerprint density at radius 3 is 3.18 bits per heavy atom. The minimum atomic E-state index is 0.478. The zero-order valence-corrected chi connectivity index (χ0v) is 10.9. The predicted octanol–water partition coefficient (Wildman–Crippen LogP) is 1.88. The van der Waals surface area contributed by atoms with E-state index in [1.807, 2.05) is 0 Å². The van der Waals surface area contributed by atoms with Crippen molar-refractivity contribution in [2.24, 2.45) is 0 Å². The number of anilines is 1. The SMILES string of the molecule is CC1CN(c2ncnc3ccsc23)C(C)CN1. The second-order valence-electron chi connectivity index (χ2n) is 4.64. The molecule has 5 heteroatoms. The number of thiophene rings is 1. The molecule has 1 aliphatic rings. The number of rotatable bonds is 1. The lowest BCUT2D eigenvalue weighted by Gasteiger charge is -2.38. The minimum absolute atomic E-state index is 0.478. The highest BCUT2D eigenvalue weighted by Gasteiger charge is 2.25. The third-order valence-corrected chi connectivity index (χ3v) is 4.16. The fourth-order valence-electron chi connectivity index (χ4n) is 2.30. The Kier molecular flexibility index (Phi) is 2.72. The van der Waals surface area contributed by atoms with Gasteiger partial charge in [0.1, 0.15) is 12.1 Å². The molecule has 90 valence electrons. The van der Waals surface area contributed by atoms with Gasteiger partial charge in [0.25, 0.3) is 0 Å². The summed E-state index contributed by atoms with van der Waals surface area (Å²) in [6.07, 6.45) is 1.67. The minimum Gasteiger partial charge on any atom is -0.350 e. The van der Waals surface area contributed by atoms with Crippen LogP contribution in [0.15, 0.2) is 17.8 Å². The van der Waals surface area contributed by atoms with Crippen molar-refractivity contribution < 1.29 is 0 Å². The molecule has 2 atom stereocenters. The topological polar surface area (TPSA) is 41.1 Å². The molecule has 17 heavy (non-hydrogen) atoms. The Morgan fingerprint density at radius 1 is 1.41 bits per heavy atom. The zero-order valence-electron chi connectivity index (χ0n) is 10.1. The van der Waals surface area contributed by atoms with E-state index < -0.39 is 0 Å². The first-order valence-corrected chi connectivity index (χ1v) is 6.82. The molecule has 0 spiro atoms. The summed E-state index contributed by atoms with van der Waals surface area (Å²) in [6.45, 7) is 6.47. The molecule has 1 aliphatic heterocycles. The summed E-state index contributed by atoms with van der Waals surface area (Å²) in [5.74, 6) is 1.09. The maximum absolute atomic E-state index is 4.49. The van der Waals surface area contributed by atoms with Gasteiger partial charge in [-0.3, -0.25) is 0 Å². The van der Waals surface area contributed by atoms with Crippen molar-refractivity contribution in [3.05, 3.63) is 17.8 Å². The Bertz CT molecular complexity index is 524. The van der Waals surface area contributed by atoms with Gasteiger partial charge in [-0.25, -0.2) is 9.97 Å². The highest BCUT2D eigenvalue weighted by Crippen LogP contribution is 2.29. The summed E-state index contributed by atoms with van der Waals surface area (Å²) in [5, 5.41) is 5.57. The molecule has 4 nitrogen and oxygen atoms in total. The van der Waals surface area contributed by atoms with E-state index >= 15 is 0 Å². The number of fused-ring (bicyclic) bond motifs is 1. The molecule has 2 aromatic rings. The molecule has 3 heterocycles. The summed E-state index contributed by atoms with van der Waals surface area (Å²) < 4.78 is 1.20. The normalized spacial score (nSPS) is 25.4. The van der Waals surface area contributed by atoms with Crippen molar-refractivity contribution >= 4 is 27.4 Å². The van der Waals surface area contributed by atoms with Crippen molar-refractivity contribution in [3.8, 4) is 0 Å². The molecule has 0 saturated carbocycles. The standard InChI is InChI=1S/C12H16N4S/c1-8-6-16(9(2)5-13-8)12-11-10(3-4-17-11)14-7-15-12/h3-4,7-9,13H,5-6H2,1-2H3. The molecule has 0 radical (unpaired) electrons. The third kappa shape index (κ3) is 1.89.